The van der Waals surface area contributed by atoms with Crippen LogP contribution < -0.4 is 5.32 Å². The lowest BCUT2D eigenvalue weighted by Gasteiger charge is -2.32. The highest BCUT2D eigenvalue weighted by atomic mass is 19.1. The minimum atomic E-state index is -0.594. The van der Waals surface area contributed by atoms with Gasteiger partial charge in [0.1, 0.15) is 11.9 Å². The zero-order valence-corrected chi connectivity index (χ0v) is 20.8. The van der Waals surface area contributed by atoms with Crippen LogP contribution in [0.4, 0.5) is 4.39 Å². The fraction of sp³-hybridized carbons (Fsp3) is 0.310. The van der Waals surface area contributed by atoms with E-state index in [4.69, 9.17) is 5.26 Å². The van der Waals surface area contributed by atoms with Crippen molar-refractivity contribution in [2.75, 3.05) is 19.6 Å². The van der Waals surface area contributed by atoms with Crippen molar-refractivity contribution in [3.63, 3.8) is 0 Å². The van der Waals surface area contributed by atoms with Crippen LogP contribution in [0.3, 0.4) is 0 Å². The van der Waals surface area contributed by atoms with Gasteiger partial charge in [-0.05, 0) is 62.9 Å². The number of halogens is 1. The summed E-state index contributed by atoms with van der Waals surface area (Å²) < 4.78 is 15.7. The second-order valence-electron chi connectivity index (χ2n) is 9.61. The molecule has 0 radical (unpaired) electrons. The van der Waals surface area contributed by atoms with Gasteiger partial charge in [0.05, 0.1) is 22.5 Å². The van der Waals surface area contributed by atoms with Gasteiger partial charge in [-0.15, -0.1) is 0 Å². The fourth-order valence-electron chi connectivity index (χ4n) is 4.94. The number of benzene rings is 2. The van der Waals surface area contributed by atoms with Gasteiger partial charge < -0.3 is 5.32 Å². The van der Waals surface area contributed by atoms with E-state index in [2.05, 4.69) is 44.6 Å². The van der Waals surface area contributed by atoms with Crippen molar-refractivity contribution in [3.8, 4) is 17.3 Å². The van der Waals surface area contributed by atoms with Crippen LogP contribution in [0.25, 0.3) is 16.9 Å². The molecule has 2 aromatic heterocycles. The fourth-order valence-corrected chi connectivity index (χ4v) is 4.94. The van der Waals surface area contributed by atoms with Crippen molar-refractivity contribution < 1.29 is 9.18 Å². The Kier molecular flexibility index (Phi) is 7.24. The Morgan fingerprint density at radius 2 is 1.95 bits per heavy atom. The monoisotopic (exact) mass is 496 g/mol. The maximum Gasteiger partial charge on any atom is 0.254 e. The molecule has 1 amide bonds. The first kappa shape index (κ1) is 24.6. The summed E-state index contributed by atoms with van der Waals surface area (Å²) in [6.45, 7) is 5.60. The normalized spacial score (nSPS) is 14.5. The van der Waals surface area contributed by atoms with Crippen molar-refractivity contribution >= 4 is 11.6 Å². The molecular weight excluding hydrogens is 467 g/mol. The molecule has 37 heavy (non-hydrogen) atoms. The third-order valence-electron chi connectivity index (χ3n) is 7.15. The van der Waals surface area contributed by atoms with Crippen LogP contribution in [-0.2, 0) is 6.54 Å². The average molecular weight is 497 g/mol. The van der Waals surface area contributed by atoms with Gasteiger partial charge in [-0.1, -0.05) is 36.4 Å². The molecule has 8 heteroatoms. The van der Waals surface area contributed by atoms with Gasteiger partial charge >= 0.3 is 0 Å². The Bertz CT molecular complexity index is 1450. The molecular formula is C29H29FN6O. The number of amides is 1. The molecule has 1 saturated heterocycles. The highest BCUT2D eigenvalue weighted by Crippen LogP contribution is 2.24. The van der Waals surface area contributed by atoms with Gasteiger partial charge in [0.15, 0.2) is 5.65 Å². The molecule has 0 aliphatic carbocycles. The third kappa shape index (κ3) is 5.52. The molecule has 0 bridgehead atoms. The van der Waals surface area contributed by atoms with E-state index in [-0.39, 0.29) is 11.5 Å². The summed E-state index contributed by atoms with van der Waals surface area (Å²) in [5.74, 6) is -0.158. The molecule has 1 aliphatic rings. The van der Waals surface area contributed by atoms with E-state index in [9.17, 15) is 9.18 Å². The largest absolute Gasteiger partial charge is 0.352 e. The highest BCUT2D eigenvalue weighted by Gasteiger charge is 2.20. The molecule has 5 rings (SSSR count). The SMILES string of the molecule is Cc1c(C(=O)NCCC2CCN(Cc3ccccc3)CC2)cnc2cc(-c3ccc(C#N)c(F)c3)nn12. The summed E-state index contributed by atoms with van der Waals surface area (Å²) in [4.78, 5) is 19.8. The number of carbonyl (C=O) groups is 1. The number of fused-ring (bicyclic) bond motifs is 1. The van der Waals surface area contributed by atoms with Gasteiger partial charge in [0, 0.05) is 30.9 Å². The molecule has 0 atom stereocenters. The average Bonchev–Trinajstić information content (AvgIpc) is 3.36. The van der Waals surface area contributed by atoms with Gasteiger partial charge in [0.2, 0.25) is 0 Å². The molecule has 0 unspecified atom stereocenters. The van der Waals surface area contributed by atoms with Gasteiger partial charge in [-0.25, -0.2) is 13.9 Å². The van der Waals surface area contributed by atoms with Crippen molar-refractivity contribution in [1.29, 1.82) is 5.26 Å². The third-order valence-corrected chi connectivity index (χ3v) is 7.15. The molecule has 1 fully saturated rings. The van der Waals surface area contributed by atoms with Gasteiger partial charge in [-0.2, -0.15) is 10.4 Å². The van der Waals surface area contributed by atoms with Gasteiger partial charge in [-0.3, -0.25) is 9.69 Å². The van der Waals surface area contributed by atoms with Crippen molar-refractivity contribution in [2.45, 2.75) is 32.7 Å². The number of hydrogen-bond acceptors (Lipinski definition) is 5. The van der Waals surface area contributed by atoms with Crippen LogP contribution in [0.5, 0.6) is 0 Å². The van der Waals surface area contributed by atoms with E-state index in [1.807, 2.05) is 19.1 Å². The minimum absolute atomic E-state index is 0.0153. The number of aromatic nitrogens is 3. The summed E-state index contributed by atoms with van der Waals surface area (Å²) in [7, 11) is 0. The minimum Gasteiger partial charge on any atom is -0.352 e. The lowest BCUT2D eigenvalue weighted by molar-refractivity contribution is 0.0946. The number of carbonyl (C=O) groups excluding carboxylic acids is 1. The topological polar surface area (TPSA) is 86.3 Å². The number of nitriles is 1. The predicted octanol–water partition coefficient (Wildman–Crippen LogP) is 4.75. The molecule has 7 nitrogen and oxygen atoms in total. The van der Waals surface area contributed by atoms with E-state index >= 15 is 0 Å². The number of aryl methyl sites for hydroxylation is 1. The maximum atomic E-state index is 14.1. The molecule has 2 aromatic carbocycles. The van der Waals surface area contributed by atoms with E-state index in [0.29, 0.717) is 40.6 Å². The zero-order valence-electron chi connectivity index (χ0n) is 20.8. The van der Waals surface area contributed by atoms with Crippen LogP contribution in [-0.4, -0.2) is 45.0 Å². The first-order chi connectivity index (χ1) is 18.0. The number of nitrogens with one attached hydrogen (secondary N) is 1. The first-order valence-corrected chi connectivity index (χ1v) is 12.6. The van der Waals surface area contributed by atoms with E-state index < -0.39 is 5.82 Å². The lowest BCUT2D eigenvalue weighted by Crippen LogP contribution is -2.35. The summed E-state index contributed by atoms with van der Waals surface area (Å²) in [6.07, 6.45) is 4.80. The Morgan fingerprint density at radius 1 is 1.16 bits per heavy atom. The van der Waals surface area contributed by atoms with Crippen molar-refractivity contribution in [1.82, 2.24) is 24.8 Å². The number of rotatable bonds is 7. The molecule has 1 N–H and O–H groups in total. The smallest absolute Gasteiger partial charge is 0.254 e. The molecule has 0 saturated carbocycles. The summed E-state index contributed by atoms with van der Waals surface area (Å²) in [5.41, 5.74) is 4.09. The van der Waals surface area contributed by atoms with Crippen molar-refractivity contribution in [3.05, 3.63) is 89.0 Å². The molecule has 1 aliphatic heterocycles. The Labute approximate surface area is 215 Å². The number of piperidine rings is 1. The second-order valence-corrected chi connectivity index (χ2v) is 9.61. The number of hydrogen-bond donors (Lipinski definition) is 1. The molecule has 4 aromatic rings. The standard InChI is InChI=1S/C29H29FN6O/c1-20-25(18-33-28-16-27(34-36(20)28)23-7-8-24(17-31)26(30)15-23)29(37)32-12-9-21-10-13-35(14-11-21)19-22-5-3-2-4-6-22/h2-8,15-16,18,21H,9-14,19H2,1H3,(H,32,37). The molecule has 0 spiro atoms. The van der Waals surface area contributed by atoms with Crippen LogP contribution in [0.2, 0.25) is 0 Å². The highest BCUT2D eigenvalue weighted by molar-refractivity contribution is 5.95. The number of likely N-dealkylation sites (tertiary alicyclic amines) is 1. The van der Waals surface area contributed by atoms with E-state index in [1.54, 1.807) is 22.8 Å². The molecule has 188 valence electrons. The Morgan fingerprint density at radius 3 is 2.68 bits per heavy atom. The quantitative estimate of drug-likeness (QED) is 0.399. The second kappa shape index (κ2) is 10.9. The lowest BCUT2D eigenvalue weighted by atomic mass is 9.93. The van der Waals surface area contributed by atoms with Crippen molar-refractivity contribution in [2.24, 2.45) is 5.92 Å². The summed E-state index contributed by atoms with van der Waals surface area (Å²) in [5, 5.41) is 16.5. The van der Waals surface area contributed by atoms with Crippen LogP contribution in [0, 0.1) is 30.0 Å². The predicted molar refractivity (Wildman–Crippen MR) is 139 cm³/mol. The Balaban J connectivity index is 1.16. The van der Waals surface area contributed by atoms with E-state index in [0.717, 1.165) is 38.9 Å². The van der Waals surface area contributed by atoms with Crippen LogP contribution >= 0.6 is 0 Å². The van der Waals surface area contributed by atoms with E-state index in [1.165, 1.54) is 17.7 Å². The van der Waals surface area contributed by atoms with Crippen LogP contribution in [0.1, 0.15) is 46.4 Å². The van der Waals surface area contributed by atoms with Gasteiger partial charge in [0.25, 0.3) is 5.91 Å². The summed E-state index contributed by atoms with van der Waals surface area (Å²) in [6, 6.07) is 18.5. The van der Waals surface area contributed by atoms with Crippen LogP contribution in [0.15, 0.2) is 60.8 Å². The molecule has 3 heterocycles. The zero-order chi connectivity index (χ0) is 25.8. The number of nitrogens with zero attached hydrogens (tertiary/aromatic N) is 5. The first-order valence-electron chi connectivity index (χ1n) is 12.6. The summed E-state index contributed by atoms with van der Waals surface area (Å²) >= 11 is 0. The Hall–Kier alpha value is -4.09. The maximum absolute atomic E-state index is 14.1.